The Hall–Kier alpha value is -2.49. The fourth-order valence-corrected chi connectivity index (χ4v) is 4.08. The summed E-state index contributed by atoms with van der Waals surface area (Å²) in [6, 6.07) is 12.3. The fourth-order valence-electron chi connectivity index (χ4n) is 3.02. The molecule has 150 valence electrons. The monoisotopic (exact) mass is 407 g/mol. The van der Waals surface area contributed by atoms with Gasteiger partial charge in [-0.25, -0.2) is 17.5 Å². The van der Waals surface area contributed by atoms with Crippen molar-refractivity contribution in [1.29, 1.82) is 0 Å². The third-order valence-electron chi connectivity index (χ3n) is 4.54. The van der Waals surface area contributed by atoms with E-state index in [2.05, 4.69) is 14.9 Å². The van der Waals surface area contributed by atoms with Gasteiger partial charge in [0.1, 0.15) is 10.7 Å². The van der Waals surface area contributed by atoms with Crippen molar-refractivity contribution in [1.82, 2.24) is 4.72 Å². The van der Waals surface area contributed by atoms with Crippen LogP contribution in [0.15, 0.2) is 53.4 Å². The Morgan fingerprint density at radius 3 is 2.57 bits per heavy atom. The van der Waals surface area contributed by atoms with Crippen LogP contribution >= 0.6 is 0 Å². The van der Waals surface area contributed by atoms with E-state index in [0.29, 0.717) is 5.69 Å². The van der Waals surface area contributed by atoms with Gasteiger partial charge in [-0.3, -0.25) is 4.79 Å². The van der Waals surface area contributed by atoms with E-state index < -0.39 is 33.2 Å². The number of anilines is 2. The van der Waals surface area contributed by atoms with E-state index in [4.69, 9.17) is 4.74 Å². The number of carbonyl (C=O) groups excluding carboxylic acids is 1. The molecule has 2 aromatic carbocycles. The lowest BCUT2D eigenvalue weighted by molar-refractivity contribution is -0.115. The van der Waals surface area contributed by atoms with Crippen LogP contribution in [-0.4, -0.2) is 47.2 Å². The molecule has 2 aromatic rings. The lowest BCUT2D eigenvalue weighted by Gasteiger charge is -2.18. The van der Waals surface area contributed by atoms with Crippen molar-refractivity contribution in [3.63, 3.8) is 0 Å². The zero-order valence-corrected chi connectivity index (χ0v) is 16.2. The molecule has 1 fully saturated rings. The van der Waals surface area contributed by atoms with E-state index >= 15 is 0 Å². The minimum absolute atomic E-state index is 0.224. The Balaban J connectivity index is 1.54. The molecule has 7 nitrogen and oxygen atoms in total. The summed E-state index contributed by atoms with van der Waals surface area (Å²) in [6.07, 6.45) is 1.19. The largest absolute Gasteiger partial charge is 0.380 e. The maximum atomic E-state index is 13.6. The summed E-state index contributed by atoms with van der Waals surface area (Å²) in [5.41, 5.74) is 1.57. The molecule has 1 saturated heterocycles. The van der Waals surface area contributed by atoms with Crippen molar-refractivity contribution in [2.45, 2.75) is 17.4 Å². The Kier molecular flexibility index (Phi) is 6.28. The number of hydrogen-bond donors (Lipinski definition) is 2. The number of sulfonamides is 1. The predicted octanol–water partition coefficient (Wildman–Crippen LogP) is 1.97. The average molecular weight is 407 g/mol. The van der Waals surface area contributed by atoms with Gasteiger partial charge in [0.2, 0.25) is 15.9 Å². The first kappa shape index (κ1) is 20.2. The van der Waals surface area contributed by atoms with Crippen molar-refractivity contribution < 1.29 is 22.3 Å². The summed E-state index contributed by atoms with van der Waals surface area (Å²) in [5, 5.41) is 2.62. The van der Waals surface area contributed by atoms with Crippen LogP contribution < -0.4 is 14.9 Å². The molecule has 1 atom stereocenters. The smallest absolute Gasteiger partial charge is 0.243 e. The molecule has 0 spiro atoms. The first-order valence-electron chi connectivity index (χ1n) is 8.81. The molecule has 1 heterocycles. The van der Waals surface area contributed by atoms with Gasteiger partial charge in [0.25, 0.3) is 0 Å². The molecule has 0 aliphatic carbocycles. The fraction of sp³-hybridized carbons (Fsp3) is 0.316. The standard InChI is InChI=1S/C19H22FN3O4S/c1-27-16-10-11-23(13-16)15-8-6-14(7-9-15)22-19(24)12-21-28(25,26)18-5-3-2-4-17(18)20/h2-9,16,21H,10-13H2,1H3,(H,22,24). The van der Waals surface area contributed by atoms with Gasteiger partial charge < -0.3 is 15.0 Å². The van der Waals surface area contributed by atoms with Gasteiger partial charge >= 0.3 is 0 Å². The number of rotatable bonds is 7. The van der Waals surface area contributed by atoms with Crippen molar-refractivity contribution in [3.05, 3.63) is 54.3 Å². The SMILES string of the molecule is COC1CCN(c2ccc(NC(=O)CNS(=O)(=O)c3ccccc3F)cc2)C1. The molecule has 2 N–H and O–H groups in total. The maximum Gasteiger partial charge on any atom is 0.243 e. The summed E-state index contributed by atoms with van der Waals surface area (Å²) in [5.74, 6) is -1.42. The highest BCUT2D eigenvalue weighted by molar-refractivity contribution is 7.89. The lowest BCUT2D eigenvalue weighted by Crippen LogP contribution is -2.33. The molecule has 1 unspecified atom stereocenters. The first-order valence-corrected chi connectivity index (χ1v) is 10.3. The van der Waals surface area contributed by atoms with Gasteiger partial charge in [0.05, 0.1) is 12.6 Å². The van der Waals surface area contributed by atoms with Crippen LogP contribution in [0.2, 0.25) is 0 Å². The Bertz CT molecular complexity index is 934. The van der Waals surface area contributed by atoms with E-state index in [1.807, 2.05) is 12.1 Å². The molecule has 0 radical (unpaired) electrons. The Morgan fingerprint density at radius 2 is 1.93 bits per heavy atom. The van der Waals surface area contributed by atoms with Crippen LogP contribution in [0.3, 0.4) is 0 Å². The van der Waals surface area contributed by atoms with E-state index in [1.54, 1.807) is 19.2 Å². The second-order valence-electron chi connectivity index (χ2n) is 6.44. The summed E-state index contributed by atoms with van der Waals surface area (Å²) in [7, 11) is -2.41. The summed E-state index contributed by atoms with van der Waals surface area (Å²) < 4.78 is 45.3. The molecule has 9 heteroatoms. The van der Waals surface area contributed by atoms with Gasteiger partial charge in [0, 0.05) is 31.6 Å². The van der Waals surface area contributed by atoms with Crippen LogP contribution in [-0.2, 0) is 19.6 Å². The normalized spacial score (nSPS) is 16.9. The quantitative estimate of drug-likeness (QED) is 0.733. The van der Waals surface area contributed by atoms with E-state index in [1.165, 1.54) is 12.1 Å². The van der Waals surface area contributed by atoms with Gasteiger partial charge in [0.15, 0.2) is 0 Å². The molecule has 28 heavy (non-hydrogen) atoms. The maximum absolute atomic E-state index is 13.6. The second-order valence-corrected chi connectivity index (χ2v) is 8.18. The van der Waals surface area contributed by atoms with E-state index in [-0.39, 0.29) is 6.10 Å². The minimum Gasteiger partial charge on any atom is -0.380 e. The van der Waals surface area contributed by atoms with Crippen LogP contribution in [0.5, 0.6) is 0 Å². The molecule has 0 bridgehead atoms. The van der Waals surface area contributed by atoms with Crippen LogP contribution in [0, 0.1) is 5.82 Å². The van der Waals surface area contributed by atoms with Crippen molar-refractivity contribution in [3.8, 4) is 0 Å². The number of methoxy groups -OCH3 is 1. The van der Waals surface area contributed by atoms with Gasteiger partial charge in [-0.05, 0) is 42.8 Å². The van der Waals surface area contributed by atoms with Crippen molar-refractivity contribution in [2.24, 2.45) is 0 Å². The highest BCUT2D eigenvalue weighted by Crippen LogP contribution is 2.23. The zero-order valence-electron chi connectivity index (χ0n) is 15.4. The Labute approximate surface area is 163 Å². The summed E-state index contributed by atoms with van der Waals surface area (Å²) >= 11 is 0. The molecule has 0 saturated carbocycles. The Morgan fingerprint density at radius 1 is 1.21 bits per heavy atom. The number of nitrogens with zero attached hydrogens (tertiary/aromatic N) is 1. The first-order chi connectivity index (χ1) is 13.4. The zero-order chi connectivity index (χ0) is 20.1. The topological polar surface area (TPSA) is 87.7 Å². The number of amides is 1. The molecular formula is C19H22FN3O4S. The van der Waals surface area contributed by atoms with Crippen molar-refractivity contribution >= 4 is 27.3 Å². The number of nitrogens with one attached hydrogen (secondary N) is 2. The molecule has 3 rings (SSSR count). The number of hydrogen-bond acceptors (Lipinski definition) is 5. The molecule has 1 aliphatic rings. The van der Waals surface area contributed by atoms with E-state index in [0.717, 1.165) is 37.3 Å². The predicted molar refractivity (Wildman–Crippen MR) is 104 cm³/mol. The average Bonchev–Trinajstić information content (AvgIpc) is 3.17. The molecule has 1 aliphatic heterocycles. The lowest BCUT2D eigenvalue weighted by atomic mass is 10.2. The second kappa shape index (κ2) is 8.68. The number of benzene rings is 2. The van der Waals surface area contributed by atoms with Crippen LogP contribution in [0.4, 0.5) is 15.8 Å². The van der Waals surface area contributed by atoms with Gasteiger partial charge in [-0.2, -0.15) is 0 Å². The molecular weight excluding hydrogens is 385 g/mol. The highest BCUT2D eigenvalue weighted by Gasteiger charge is 2.22. The third kappa shape index (κ3) is 4.86. The van der Waals surface area contributed by atoms with Gasteiger partial charge in [-0.1, -0.05) is 12.1 Å². The van der Waals surface area contributed by atoms with Crippen LogP contribution in [0.25, 0.3) is 0 Å². The van der Waals surface area contributed by atoms with Gasteiger partial charge in [-0.15, -0.1) is 0 Å². The third-order valence-corrected chi connectivity index (χ3v) is 5.98. The number of carbonyl (C=O) groups is 1. The highest BCUT2D eigenvalue weighted by atomic mass is 32.2. The van der Waals surface area contributed by atoms with Crippen LogP contribution in [0.1, 0.15) is 6.42 Å². The number of halogens is 1. The summed E-state index contributed by atoms with van der Waals surface area (Å²) in [4.78, 5) is 13.7. The molecule has 1 amide bonds. The summed E-state index contributed by atoms with van der Waals surface area (Å²) in [6.45, 7) is 1.22. The minimum atomic E-state index is -4.11. The number of ether oxygens (including phenoxy) is 1. The van der Waals surface area contributed by atoms with Crippen molar-refractivity contribution in [2.75, 3.05) is 37.0 Å². The van der Waals surface area contributed by atoms with E-state index in [9.17, 15) is 17.6 Å². The molecule has 0 aromatic heterocycles.